The quantitative estimate of drug-likeness (QED) is 0.404. The Morgan fingerprint density at radius 3 is 2.85 bits per heavy atom. The lowest BCUT2D eigenvalue weighted by Gasteiger charge is -2.16. The summed E-state index contributed by atoms with van der Waals surface area (Å²) in [6.07, 6.45) is -1.19. The number of nitrogens with zero attached hydrogens (tertiary/aromatic N) is 2. The molecule has 3 rings (SSSR count). The van der Waals surface area contributed by atoms with E-state index in [4.69, 9.17) is 21.5 Å². The van der Waals surface area contributed by atoms with E-state index < -0.39 is 12.2 Å². The van der Waals surface area contributed by atoms with Crippen LogP contribution in [0.25, 0.3) is 10.2 Å². The fourth-order valence-corrected chi connectivity index (χ4v) is 3.50. The normalized spacial score (nSPS) is 11.7. The number of nitrogens with one attached hydrogen (secondary N) is 1. The van der Waals surface area contributed by atoms with E-state index in [1.807, 2.05) is 6.07 Å². The average molecular weight is 369 g/mol. The first-order chi connectivity index (χ1) is 12.5. The molecule has 0 aliphatic heterocycles. The molecule has 3 aromatic rings. The van der Waals surface area contributed by atoms with Gasteiger partial charge in [-0.05, 0) is 18.2 Å². The molecule has 0 bridgehead atoms. The van der Waals surface area contributed by atoms with Crippen LogP contribution in [0.5, 0.6) is 0 Å². The van der Waals surface area contributed by atoms with Crippen molar-refractivity contribution in [2.24, 2.45) is 0 Å². The van der Waals surface area contributed by atoms with Crippen molar-refractivity contribution in [3.8, 4) is 6.07 Å². The van der Waals surface area contributed by atoms with Crippen LogP contribution in [0.15, 0.2) is 30.3 Å². The number of thiophene rings is 1. The van der Waals surface area contributed by atoms with Crippen LogP contribution < -0.4 is 16.8 Å². The molecule has 0 saturated heterocycles. The van der Waals surface area contributed by atoms with Gasteiger partial charge in [-0.2, -0.15) is 5.26 Å². The van der Waals surface area contributed by atoms with Gasteiger partial charge in [0.25, 0.3) is 0 Å². The number of hydrogen-bond acceptors (Lipinski definition) is 9. The van der Waals surface area contributed by atoms with Gasteiger partial charge in [-0.3, -0.25) is 0 Å². The monoisotopic (exact) mass is 369 g/mol. The SMILES string of the molecule is COC(=O)c1ccccc1NC(O)c1sc2nc(N)c(C#N)cc2c1N. The number of carbonyl (C=O) groups is 1. The van der Waals surface area contributed by atoms with Crippen molar-refractivity contribution in [3.63, 3.8) is 0 Å². The van der Waals surface area contributed by atoms with Gasteiger partial charge in [0.15, 0.2) is 6.23 Å². The molecule has 0 amide bonds. The highest BCUT2D eigenvalue weighted by Gasteiger charge is 2.21. The largest absolute Gasteiger partial charge is 0.465 e. The van der Waals surface area contributed by atoms with E-state index in [-0.39, 0.29) is 16.9 Å². The molecule has 9 heteroatoms. The molecule has 0 aliphatic carbocycles. The molecule has 0 spiro atoms. The van der Waals surface area contributed by atoms with Gasteiger partial charge in [-0.25, -0.2) is 9.78 Å². The maximum absolute atomic E-state index is 11.8. The van der Waals surface area contributed by atoms with Gasteiger partial charge in [-0.15, -0.1) is 11.3 Å². The van der Waals surface area contributed by atoms with Crippen LogP contribution in [-0.4, -0.2) is 23.2 Å². The molecule has 2 heterocycles. The van der Waals surface area contributed by atoms with E-state index in [0.29, 0.717) is 26.5 Å². The molecule has 1 unspecified atom stereocenters. The van der Waals surface area contributed by atoms with Crippen LogP contribution in [0.2, 0.25) is 0 Å². The van der Waals surface area contributed by atoms with E-state index in [9.17, 15) is 9.90 Å². The Balaban J connectivity index is 1.99. The number of benzene rings is 1. The number of para-hydroxylation sites is 1. The summed E-state index contributed by atoms with van der Waals surface area (Å²) in [5.74, 6) is -0.427. The lowest BCUT2D eigenvalue weighted by atomic mass is 10.1. The fraction of sp³-hybridized carbons (Fsp3) is 0.118. The number of fused-ring (bicyclic) bond motifs is 1. The van der Waals surface area contributed by atoms with Crippen molar-refractivity contribution < 1.29 is 14.6 Å². The second-order valence-electron chi connectivity index (χ2n) is 5.35. The number of nitrogens with two attached hydrogens (primary N) is 2. The number of ether oxygens (including phenoxy) is 1. The predicted octanol–water partition coefficient (Wildman–Crippen LogP) is 2.22. The van der Waals surface area contributed by atoms with Crippen LogP contribution in [0.4, 0.5) is 17.2 Å². The Hall–Kier alpha value is -3.35. The number of aliphatic hydroxyl groups is 1. The van der Waals surface area contributed by atoms with Gasteiger partial charge < -0.3 is 26.6 Å². The molecular weight excluding hydrogens is 354 g/mol. The van der Waals surface area contributed by atoms with Gasteiger partial charge in [0.05, 0.1) is 34.5 Å². The van der Waals surface area contributed by atoms with E-state index >= 15 is 0 Å². The predicted molar refractivity (Wildman–Crippen MR) is 99.5 cm³/mol. The number of aromatic nitrogens is 1. The van der Waals surface area contributed by atoms with E-state index in [0.717, 1.165) is 11.3 Å². The summed E-state index contributed by atoms with van der Waals surface area (Å²) in [7, 11) is 1.28. The summed E-state index contributed by atoms with van der Waals surface area (Å²) >= 11 is 1.15. The fourth-order valence-electron chi connectivity index (χ4n) is 2.47. The summed E-state index contributed by atoms with van der Waals surface area (Å²) < 4.78 is 4.74. The van der Waals surface area contributed by atoms with Crippen LogP contribution in [-0.2, 0) is 4.74 Å². The Morgan fingerprint density at radius 1 is 1.42 bits per heavy atom. The Labute approximate surface area is 152 Å². The minimum Gasteiger partial charge on any atom is -0.465 e. The van der Waals surface area contributed by atoms with Crippen LogP contribution in [0.1, 0.15) is 27.0 Å². The third-order valence-electron chi connectivity index (χ3n) is 3.77. The molecule has 1 atom stereocenters. The number of anilines is 3. The molecule has 1 aromatic carbocycles. The molecule has 0 fully saturated rings. The van der Waals surface area contributed by atoms with Crippen LogP contribution in [0.3, 0.4) is 0 Å². The number of aliphatic hydroxyl groups excluding tert-OH is 1. The van der Waals surface area contributed by atoms with Gasteiger partial charge in [-0.1, -0.05) is 12.1 Å². The number of nitriles is 1. The first-order valence-electron chi connectivity index (χ1n) is 7.46. The van der Waals surface area contributed by atoms with Crippen molar-refractivity contribution >= 4 is 44.7 Å². The summed E-state index contributed by atoms with van der Waals surface area (Å²) in [4.78, 5) is 16.9. The number of hydrogen-bond donors (Lipinski definition) is 4. The molecule has 0 saturated carbocycles. The van der Waals surface area contributed by atoms with E-state index in [1.54, 1.807) is 30.3 Å². The highest BCUT2D eigenvalue weighted by Crippen LogP contribution is 2.38. The van der Waals surface area contributed by atoms with Crippen LogP contribution in [0, 0.1) is 11.3 Å². The number of nitrogen functional groups attached to an aromatic ring is 2. The summed E-state index contributed by atoms with van der Waals surface area (Å²) in [5.41, 5.74) is 13.0. The zero-order chi connectivity index (χ0) is 18.8. The van der Waals surface area contributed by atoms with E-state index in [1.165, 1.54) is 7.11 Å². The Bertz CT molecular complexity index is 1040. The number of esters is 1. The minimum absolute atomic E-state index is 0.103. The van der Waals surface area contributed by atoms with Crippen molar-refractivity contribution in [1.29, 1.82) is 5.26 Å². The number of methoxy groups -OCH3 is 1. The number of carbonyl (C=O) groups excluding carboxylic acids is 1. The number of rotatable bonds is 4. The third-order valence-corrected chi connectivity index (χ3v) is 4.94. The Morgan fingerprint density at radius 2 is 2.15 bits per heavy atom. The van der Waals surface area contributed by atoms with Gasteiger partial charge >= 0.3 is 5.97 Å². The maximum Gasteiger partial charge on any atom is 0.339 e. The third kappa shape index (κ3) is 2.99. The van der Waals surface area contributed by atoms with Gasteiger partial charge in [0.1, 0.15) is 16.7 Å². The van der Waals surface area contributed by atoms with E-state index in [2.05, 4.69) is 10.3 Å². The molecule has 0 aliphatic rings. The summed E-state index contributed by atoms with van der Waals surface area (Å²) in [5, 5.41) is 23.0. The van der Waals surface area contributed by atoms with Crippen molar-refractivity contribution in [1.82, 2.24) is 4.98 Å². The van der Waals surface area contributed by atoms with Gasteiger partial charge in [0, 0.05) is 5.39 Å². The molecule has 132 valence electrons. The molecule has 26 heavy (non-hydrogen) atoms. The minimum atomic E-state index is -1.19. The molecule has 0 radical (unpaired) electrons. The summed E-state index contributed by atoms with van der Waals surface area (Å²) in [6, 6.07) is 10.1. The van der Waals surface area contributed by atoms with Crippen molar-refractivity contribution in [3.05, 3.63) is 46.3 Å². The highest BCUT2D eigenvalue weighted by atomic mass is 32.1. The van der Waals surface area contributed by atoms with Crippen molar-refractivity contribution in [2.45, 2.75) is 6.23 Å². The lowest BCUT2D eigenvalue weighted by Crippen LogP contribution is -2.13. The van der Waals surface area contributed by atoms with Crippen LogP contribution >= 0.6 is 11.3 Å². The second-order valence-corrected chi connectivity index (χ2v) is 6.38. The molecule has 8 nitrogen and oxygen atoms in total. The van der Waals surface area contributed by atoms with Crippen molar-refractivity contribution in [2.75, 3.05) is 23.9 Å². The standard InChI is InChI=1S/C17H15N5O3S/c1-25-17(24)9-4-2-3-5-11(9)21-15(23)13-12(19)10-6-8(7-18)14(20)22-16(10)26-13/h2-6,15,21,23H,19H2,1H3,(H2,20,22). The Kier molecular flexibility index (Phi) is 4.62. The first kappa shape index (κ1) is 17.5. The van der Waals surface area contributed by atoms with Gasteiger partial charge in [0.2, 0.25) is 0 Å². The molecule has 6 N–H and O–H groups in total. The molecule has 2 aromatic heterocycles. The second kappa shape index (κ2) is 6.87. The smallest absolute Gasteiger partial charge is 0.339 e. The zero-order valence-corrected chi connectivity index (χ0v) is 14.5. The maximum atomic E-state index is 11.8. The highest BCUT2D eigenvalue weighted by molar-refractivity contribution is 7.19. The topological polar surface area (TPSA) is 147 Å². The lowest BCUT2D eigenvalue weighted by molar-refractivity contribution is 0.0601. The summed E-state index contributed by atoms with van der Waals surface area (Å²) in [6.45, 7) is 0. The average Bonchev–Trinajstić information content (AvgIpc) is 2.96. The first-order valence-corrected chi connectivity index (χ1v) is 8.28. The molecular formula is C17H15N5O3S. The number of pyridine rings is 1. The zero-order valence-electron chi connectivity index (χ0n) is 13.7.